The van der Waals surface area contributed by atoms with Gasteiger partial charge in [0.25, 0.3) is 0 Å². The van der Waals surface area contributed by atoms with Crippen molar-refractivity contribution in [2.75, 3.05) is 0 Å². The van der Waals surface area contributed by atoms with E-state index in [0.717, 1.165) is 9.13 Å². The number of hydrogen-bond acceptors (Lipinski definition) is 3. The predicted molar refractivity (Wildman–Crippen MR) is 115 cm³/mol. The fourth-order valence-corrected chi connectivity index (χ4v) is 4.07. The normalized spacial score (nSPS) is 11.2. The Balaban J connectivity index is 2.26. The number of rotatable bonds is 6. The van der Waals surface area contributed by atoms with Crippen molar-refractivity contribution in [2.45, 2.75) is 13.5 Å². The maximum Gasteiger partial charge on any atom is 0.352 e. The van der Waals surface area contributed by atoms with Gasteiger partial charge in [-0.05, 0) is 84.3 Å². The lowest BCUT2D eigenvalue weighted by Crippen LogP contribution is -2.24. The van der Waals surface area contributed by atoms with Crippen LogP contribution in [0, 0.1) is 3.57 Å². The Kier molecular flexibility index (Phi) is 7.66. The second kappa shape index (κ2) is 9.52. The van der Waals surface area contributed by atoms with E-state index in [1.54, 1.807) is 12.1 Å². The first kappa shape index (κ1) is 20.9. The van der Waals surface area contributed by atoms with Crippen molar-refractivity contribution < 1.29 is 19.4 Å². The van der Waals surface area contributed by atoms with Crippen molar-refractivity contribution in [1.82, 2.24) is 5.32 Å². The van der Waals surface area contributed by atoms with Gasteiger partial charge in [-0.2, -0.15) is 0 Å². The van der Waals surface area contributed by atoms with Crippen molar-refractivity contribution >= 4 is 72.4 Å². The van der Waals surface area contributed by atoms with Gasteiger partial charge in [0.05, 0.1) is 8.95 Å². The van der Waals surface area contributed by atoms with Gasteiger partial charge in [-0.25, -0.2) is 4.79 Å². The standard InChI is InChI=1S/C18H14Br2INO4/c1-10(23)22-16(18(24)25)8-11-6-13(19)17(14(20)7-11)26-9-12-4-2-3-5-15(12)21/h2-8H,9H2,1H3,(H,22,23)(H,24,25)/b16-8+. The molecule has 2 N–H and O–H groups in total. The Bertz CT molecular complexity index is 860. The average Bonchev–Trinajstić information content (AvgIpc) is 2.54. The molecule has 0 aliphatic rings. The second-order valence-corrected chi connectivity index (χ2v) is 8.11. The van der Waals surface area contributed by atoms with Crippen LogP contribution in [0.2, 0.25) is 0 Å². The monoisotopic (exact) mass is 593 g/mol. The fourth-order valence-electron chi connectivity index (χ4n) is 2.07. The molecule has 0 fully saturated rings. The number of carboxylic acids is 1. The molecule has 0 bridgehead atoms. The first-order chi connectivity index (χ1) is 12.3. The van der Waals surface area contributed by atoms with Crippen molar-refractivity contribution in [1.29, 1.82) is 0 Å². The number of halogens is 3. The average molecular weight is 595 g/mol. The van der Waals surface area contributed by atoms with Gasteiger partial charge in [0.1, 0.15) is 18.1 Å². The van der Waals surface area contributed by atoms with Gasteiger partial charge in [-0.1, -0.05) is 18.2 Å². The lowest BCUT2D eigenvalue weighted by Gasteiger charge is -2.13. The summed E-state index contributed by atoms with van der Waals surface area (Å²) >= 11 is 9.15. The molecule has 0 aliphatic carbocycles. The smallest absolute Gasteiger partial charge is 0.352 e. The summed E-state index contributed by atoms with van der Waals surface area (Å²) in [6, 6.07) is 11.4. The molecule has 136 valence electrons. The SMILES string of the molecule is CC(=O)N/C(=C/c1cc(Br)c(OCc2ccccc2I)c(Br)c1)C(=O)O. The lowest BCUT2D eigenvalue weighted by atomic mass is 10.2. The maximum atomic E-state index is 11.2. The Morgan fingerprint density at radius 3 is 2.38 bits per heavy atom. The van der Waals surface area contributed by atoms with Crippen molar-refractivity contribution in [3.8, 4) is 5.75 Å². The summed E-state index contributed by atoms with van der Waals surface area (Å²) < 4.78 is 8.34. The molecule has 26 heavy (non-hydrogen) atoms. The fraction of sp³-hybridized carbons (Fsp3) is 0.111. The molecule has 0 radical (unpaired) electrons. The Morgan fingerprint density at radius 2 is 1.85 bits per heavy atom. The first-order valence-corrected chi connectivity index (χ1v) is 10.0. The van der Waals surface area contributed by atoms with Crippen LogP contribution in [0.25, 0.3) is 6.08 Å². The number of nitrogens with one attached hydrogen (secondary N) is 1. The number of carbonyl (C=O) groups is 2. The molecule has 2 rings (SSSR count). The lowest BCUT2D eigenvalue weighted by molar-refractivity contribution is -0.134. The Morgan fingerprint density at radius 1 is 1.23 bits per heavy atom. The second-order valence-electron chi connectivity index (χ2n) is 5.24. The van der Waals surface area contributed by atoms with Gasteiger partial charge < -0.3 is 15.2 Å². The van der Waals surface area contributed by atoms with Crippen molar-refractivity contribution in [3.05, 3.63) is 65.7 Å². The number of carboxylic acid groups (broad SMARTS) is 1. The van der Waals surface area contributed by atoms with Crippen LogP contribution in [0.3, 0.4) is 0 Å². The Labute approximate surface area is 181 Å². The summed E-state index contributed by atoms with van der Waals surface area (Å²) in [7, 11) is 0. The van der Waals surface area contributed by atoms with E-state index >= 15 is 0 Å². The third-order valence-electron chi connectivity index (χ3n) is 3.20. The van der Waals surface area contributed by atoms with E-state index in [1.807, 2.05) is 24.3 Å². The summed E-state index contributed by atoms with van der Waals surface area (Å²) in [5.74, 6) is -1.06. The number of amides is 1. The quantitative estimate of drug-likeness (QED) is 0.366. The molecule has 0 atom stereocenters. The molecule has 0 aliphatic heterocycles. The van der Waals surface area contributed by atoms with E-state index in [-0.39, 0.29) is 5.70 Å². The zero-order chi connectivity index (χ0) is 19.3. The first-order valence-electron chi connectivity index (χ1n) is 7.35. The van der Waals surface area contributed by atoms with E-state index in [1.165, 1.54) is 13.0 Å². The van der Waals surface area contributed by atoms with Gasteiger partial charge in [-0.15, -0.1) is 0 Å². The minimum atomic E-state index is -1.22. The van der Waals surface area contributed by atoms with Crippen molar-refractivity contribution in [3.63, 3.8) is 0 Å². The van der Waals surface area contributed by atoms with Gasteiger partial charge in [0.15, 0.2) is 0 Å². The number of aliphatic carboxylic acids is 1. The zero-order valence-electron chi connectivity index (χ0n) is 13.6. The number of carbonyl (C=O) groups excluding carboxylic acids is 1. The van der Waals surface area contributed by atoms with Crippen LogP contribution in [-0.4, -0.2) is 17.0 Å². The minimum absolute atomic E-state index is 0.205. The van der Waals surface area contributed by atoms with Gasteiger partial charge in [-0.3, -0.25) is 4.79 Å². The van der Waals surface area contributed by atoms with Crippen LogP contribution in [0.5, 0.6) is 5.75 Å². The van der Waals surface area contributed by atoms with E-state index in [4.69, 9.17) is 4.74 Å². The molecule has 0 spiro atoms. The molecular weight excluding hydrogens is 581 g/mol. The number of hydrogen-bond donors (Lipinski definition) is 2. The van der Waals surface area contributed by atoms with Crippen LogP contribution in [-0.2, 0) is 16.2 Å². The summed E-state index contributed by atoms with van der Waals surface area (Å²) in [6.45, 7) is 1.66. The third kappa shape index (κ3) is 5.82. The maximum absolute atomic E-state index is 11.2. The van der Waals surface area contributed by atoms with E-state index in [0.29, 0.717) is 26.9 Å². The molecular formula is C18H14Br2INO4. The zero-order valence-corrected chi connectivity index (χ0v) is 18.9. The summed E-state index contributed by atoms with van der Waals surface area (Å²) in [5, 5.41) is 11.5. The summed E-state index contributed by atoms with van der Waals surface area (Å²) in [5.41, 5.74) is 1.45. The van der Waals surface area contributed by atoms with Crippen LogP contribution < -0.4 is 10.1 Å². The largest absolute Gasteiger partial charge is 0.486 e. The van der Waals surface area contributed by atoms with Crippen molar-refractivity contribution in [2.24, 2.45) is 0 Å². The molecule has 5 nitrogen and oxygen atoms in total. The minimum Gasteiger partial charge on any atom is -0.486 e. The number of ether oxygens (including phenoxy) is 1. The van der Waals surface area contributed by atoms with Crippen LogP contribution in [0.1, 0.15) is 18.1 Å². The predicted octanol–water partition coefficient (Wildman–Crippen LogP) is 4.96. The van der Waals surface area contributed by atoms with E-state index < -0.39 is 11.9 Å². The van der Waals surface area contributed by atoms with Gasteiger partial charge in [0.2, 0.25) is 5.91 Å². The number of benzene rings is 2. The molecule has 0 heterocycles. The molecule has 0 saturated carbocycles. The molecule has 2 aromatic carbocycles. The van der Waals surface area contributed by atoms with E-state index in [2.05, 4.69) is 59.8 Å². The Hall–Kier alpha value is -1.39. The molecule has 0 unspecified atom stereocenters. The van der Waals surface area contributed by atoms with Gasteiger partial charge in [0, 0.05) is 16.1 Å². The molecule has 0 aromatic heterocycles. The van der Waals surface area contributed by atoms with E-state index in [9.17, 15) is 14.7 Å². The van der Waals surface area contributed by atoms with Crippen LogP contribution >= 0.6 is 54.5 Å². The third-order valence-corrected chi connectivity index (χ3v) is 5.43. The van der Waals surface area contributed by atoms with Crippen LogP contribution in [0.15, 0.2) is 51.0 Å². The highest BCUT2D eigenvalue weighted by molar-refractivity contribution is 14.1. The van der Waals surface area contributed by atoms with Crippen LogP contribution in [0.4, 0.5) is 0 Å². The highest BCUT2D eigenvalue weighted by Crippen LogP contribution is 2.36. The topological polar surface area (TPSA) is 75.6 Å². The highest BCUT2D eigenvalue weighted by Gasteiger charge is 2.13. The molecule has 0 saturated heterocycles. The molecule has 1 amide bonds. The summed E-state index contributed by atoms with van der Waals surface area (Å²) in [4.78, 5) is 22.4. The molecule has 2 aromatic rings. The highest BCUT2D eigenvalue weighted by atomic mass is 127. The molecule has 8 heteroatoms. The van der Waals surface area contributed by atoms with Gasteiger partial charge >= 0.3 is 5.97 Å². The summed E-state index contributed by atoms with van der Waals surface area (Å²) in [6.07, 6.45) is 1.38.